The van der Waals surface area contributed by atoms with Crippen LogP contribution in [0.4, 0.5) is 5.95 Å². The number of aromatic nitrogens is 3. The van der Waals surface area contributed by atoms with E-state index < -0.39 is 6.04 Å². The second kappa shape index (κ2) is 9.38. The van der Waals surface area contributed by atoms with E-state index in [2.05, 4.69) is 15.3 Å². The van der Waals surface area contributed by atoms with E-state index in [0.717, 1.165) is 31.6 Å². The highest BCUT2D eigenvalue weighted by Crippen LogP contribution is 2.21. The van der Waals surface area contributed by atoms with Crippen LogP contribution in [0.5, 0.6) is 0 Å². The minimum absolute atomic E-state index is 0.201. The van der Waals surface area contributed by atoms with E-state index >= 15 is 0 Å². The highest BCUT2D eigenvalue weighted by Gasteiger charge is 2.16. The molecule has 2 N–H and O–H groups in total. The zero-order valence-electron chi connectivity index (χ0n) is 16.4. The van der Waals surface area contributed by atoms with Crippen molar-refractivity contribution in [1.29, 1.82) is 0 Å². The van der Waals surface area contributed by atoms with Crippen LogP contribution >= 0.6 is 11.6 Å². The Morgan fingerprint density at radius 1 is 1.20 bits per heavy atom. The molecule has 1 atom stereocenters. The normalized spacial score (nSPS) is 15.7. The van der Waals surface area contributed by atoms with E-state index in [1.54, 1.807) is 30.6 Å². The number of ether oxygens (including phenoxy) is 1. The van der Waals surface area contributed by atoms with Crippen LogP contribution in [0.2, 0.25) is 5.02 Å². The van der Waals surface area contributed by atoms with Gasteiger partial charge in [0, 0.05) is 48.3 Å². The zero-order valence-corrected chi connectivity index (χ0v) is 17.1. The summed E-state index contributed by atoms with van der Waals surface area (Å²) >= 11 is 5.95. The fraction of sp³-hybridized carbons (Fsp3) is 0.318. The van der Waals surface area contributed by atoms with Gasteiger partial charge in [-0.15, -0.1) is 0 Å². The Bertz CT molecular complexity index is 1050. The van der Waals surface area contributed by atoms with E-state index in [0.29, 0.717) is 22.2 Å². The number of anilines is 1. The maximum atomic E-state index is 12.8. The quantitative estimate of drug-likeness (QED) is 0.629. The van der Waals surface area contributed by atoms with Crippen molar-refractivity contribution in [1.82, 2.24) is 14.5 Å². The lowest BCUT2D eigenvalue weighted by Gasteiger charge is -2.23. The van der Waals surface area contributed by atoms with Crippen molar-refractivity contribution >= 4 is 17.5 Å². The average Bonchev–Trinajstić information content (AvgIpc) is 2.77. The highest BCUT2D eigenvalue weighted by atomic mass is 35.5. The van der Waals surface area contributed by atoms with Gasteiger partial charge in [0.25, 0.3) is 5.56 Å². The van der Waals surface area contributed by atoms with Crippen LogP contribution in [0.15, 0.2) is 59.7 Å². The average molecular weight is 427 g/mol. The molecule has 0 amide bonds. The van der Waals surface area contributed by atoms with Crippen LogP contribution < -0.4 is 10.9 Å². The Labute approximate surface area is 179 Å². The first kappa shape index (κ1) is 20.5. The molecule has 156 valence electrons. The molecule has 4 rings (SSSR count). The molecular weight excluding hydrogens is 404 g/mol. The third-order valence-corrected chi connectivity index (χ3v) is 5.47. The molecule has 1 aliphatic heterocycles. The first-order chi connectivity index (χ1) is 14.6. The second-order valence-corrected chi connectivity index (χ2v) is 7.64. The van der Waals surface area contributed by atoms with Gasteiger partial charge in [0.1, 0.15) is 0 Å². The zero-order chi connectivity index (χ0) is 20.9. The summed E-state index contributed by atoms with van der Waals surface area (Å²) in [5.41, 5.74) is 1.94. The minimum atomic E-state index is -0.486. The monoisotopic (exact) mass is 426 g/mol. The number of hydrogen-bond donors (Lipinski definition) is 2. The van der Waals surface area contributed by atoms with Gasteiger partial charge in [-0.2, -0.15) is 0 Å². The van der Waals surface area contributed by atoms with Crippen LogP contribution in [-0.4, -0.2) is 45.5 Å². The molecule has 0 bridgehead atoms. The minimum Gasteiger partial charge on any atom is -0.394 e. The second-order valence-electron chi connectivity index (χ2n) is 7.21. The number of nitrogens with one attached hydrogen (secondary N) is 1. The molecule has 3 heterocycles. The van der Waals surface area contributed by atoms with Gasteiger partial charge in [-0.3, -0.25) is 4.79 Å². The Kier molecular flexibility index (Phi) is 6.42. The van der Waals surface area contributed by atoms with Gasteiger partial charge in [0.2, 0.25) is 5.95 Å². The number of rotatable bonds is 6. The van der Waals surface area contributed by atoms with Gasteiger partial charge in [0.15, 0.2) is 0 Å². The first-order valence-corrected chi connectivity index (χ1v) is 10.3. The maximum Gasteiger partial charge on any atom is 0.251 e. The molecule has 8 heteroatoms. The summed E-state index contributed by atoms with van der Waals surface area (Å²) in [5.74, 6) is 0.540. The van der Waals surface area contributed by atoms with Crippen molar-refractivity contribution in [2.24, 2.45) is 0 Å². The summed E-state index contributed by atoms with van der Waals surface area (Å²) in [6.07, 6.45) is 5.19. The lowest BCUT2D eigenvalue weighted by Crippen LogP contribution is -2.28. The Morgan fingerprint density at radius 2 is 1.97 bits per heavy atom. The molecule has 7 nitrogen and oxygen atoms in total. The molecule has 3 aromatic rings. The highest BCUT2D eigenvalue weighted by molar-refractivity contribution is 6.30. The smallest absolute Gasteiger partial charge is 0.251 e. The number of halogens is 1. The molecule has 1 fully saturated rings. The largest absolute Gasteiger partial charge is 0.394 e. The third kappa shape index (κ3) is 4.70. The topological polar surface area (TPSA) is 89.3 Å². The molecule has 1 aromatic carbocycles. The molecule has 0 radical (unpaired) electrons. The van der Waals surface area contributed by atoms with Crippen molar-refractivity contribution in [2.45, 2.75) is 24.9 Å². The van der Waals surface area contributed by atoms with Gasteiger partial charge in [-0.1, -0.05) is 23.7 Å². The van der Waals surface area contributed by atoms with Gasteiger partial charge in [-0.25, -0.2) is 9.97 Å². The van der Waals surface area contributed by atoms with Gasteiger partial charge in [-0.05, 0) is 42.7 Å². The van der Waals surface area contributed by atoms with Crippen LogP contribution in [0, 0.1) is 0 Å². The van der Waals surface area contributed by atoms with E-state index in [-0.39, 0.29) is 18.2 Å². The number of benzene rings is 1. The van der Waals surface area contributed by atoms with Crippen molar-refractivity contribution < 1.29 is 9.84 Å². The molecule has 1 saturated heterocycles. The van der Waals surface area contributed by atoms with E-state index in [1.807, 2.05) is 18.2 Å². The molecule has 1 aliphatic rings. The molecule has 0 aliphatic carbocycles. The van der Waals surface area contributed by atoms with Crippen molar-refractivity contribution in [3.05, 3.63) is 75.8 Å². The summed E-state index contributed by atoms with van der Waals surface area (Å²) in [6.45, 7) is 1.26. The van der Waals surface area contributed by atoms with E-state index in [9.17, 15) is 9.90 Å². The predicted molar refractivity (Wildman–Crippen MR) is 116 cm³/mol. The maximum absolute atomic E-state index is 12.8. The molecule has 0 spiro atoms. The van der Waals surface area contributed by atoms with Crippen molar-refractivity contribution in [3.8, 4) is 11.3 Å². The standard InChI is InChI=1S/C22H23ClN4O3/c23-17-3-1-15(2-4-17)20(14-28)27-10-6-16(13-21(27)29)19-5-9-24-22(26-19)25-18-7-11-30-12-8-18/h1-6,9-10,13,18,20,28H,7-8,11-12,14H2,(H,24,25,26). The van der Waals surface area contributed by atoms with Crippen molar-refractivity contribution in [2.75, 3.05) is 25.1 Å². The predicted octanol–water partition coefficient (Wildman–Crippen LogP) is 3.13. The number of aliphatic hydroxyl groups excluding tert-OH is 1. The van der Waals surface area contributed by atoms with Crippen LogP contribution in [0.3, 0.4) is 0 Å². The van der Waals surface area contributed by atoms with Crippen LogP contribution in [-0.2, 0) is 4.74 Å². The third-order valence-electron chi connectivity index (χ3n) is 5.22. The summed E-state index contributed by atoms with van der Waals surface area (Å²) in [6, 6.07) is 12.0. The summed E-state index contributed by atoms with van der Waals surface area (Å²) in [7, 11) is 0. The van der Waals surface area contributed by atoms with Gasteiger partial charge in [0.05, 0.1) is 18.3 Å². The lowest BCUT2D eigenvalue weighted by atomic mass is 10.1. The molecular formula is C22H23ClN4O3. The van der Waals surface area contributed by atoms with Gasteiger partial charge >= 0.3 is 0 Å². The lowest BCUT2D eigenvalue weighted by molar-refractivity contribution is 0.0903. The first-order valence-electron chi connectivity index (χ1n) is 9.90. The Morgan fingerprint density at radius 3 is 2.67 bits per heavy atom. The number of aliphatic hydroxyl groups is 1. The summed E-state index contributed by atoms with van der Waals surface area (Å²) in [4.78, 5) is 21.7. The fourth-order valence-electron chi connectivity index (χ4n) is 3.56. The Hall–Kier alpha value is -2.74. The number of hydrogen-bond acceptors (Lipinski definition) is 6. The molecule has 2 aromatic heterocycles. The molecule has 30 heavy (non-hydrogen) atoms. The summed E-state index contributed by atoms with van der Waals surface area (Å²) in [5, 5.41) is 13.8. The number of pyridine rings is 1. The fourth-order valence-corrected chi connectivity index (χ4v) is 3.68. The van der Waals surface area contributed by atoms with E-state index in [4.69, 9.17) is 16.3 Å². The molecule has 1 unspecified atom stereocenters. The summed E-state index contributed by atoms with van der Waals surface area (Å²) < 4.78 is 6.89. The van der Waals surface area contributed by atoms with Crippen LogP contribution in [0.25, 0.3) is 11.3 Å². The SMILES string of the molecule is O=c1cc(-c2ccnc(NC3CCOCC3)n2)ccn1C(CO)c1ccc(Cl)cc1. The molecule has 0 saturated carbocycles. The van der Waals surface area contributed by atoms with Crippen LogP contribution in [0.1, 0.15) is 24.4 Å². The number of nitrogens with zero attached hydrogens (tertiary/aromatic N) is 3. The Balaban J connectivity index is 1.57. The van der Waals surface area contributed by atoms with Crippen molar-refractivity contribution in [3.63, 3.8) is 0 Å². The van der Waals surface area contributed by atoms with E-state index in [1.165, 1.54) is 10.6 Å². The van der Waals surface area contributed by atoms with Gasteiger partial charge < -0.3 is 19.7 Å².